The highest BCUT2D eigenvalue weighted by atomic mass is 79.9. The fourth-order valence-electron chi connectivity index (χ4n) is 3.07. The molecule has 0 aliphatic carbocycles. The summed E-state index contributed by atoms with van der Waals surface area (Å²) in [7, 11) is 1.66. The van der Waals surface area contributed by atoms with Crippen LogP contribution in [0.25, 0.3) is 0 Å². The smallest absolute Gasteiger partial charge is 0.251 e. The lowest BCUT2D eigenvalue weighted by molar-refractivity contribution is 0.0162. The molecule has 0 aromatic heterocycles. The third kappa shape index (κ3) is 4.84. The molecule has 5 nitrogen and oxygen atoms in total. The van der Waals surface area contributed by atoms with Gasteiger partial charge in [-0.2, -0.15) is 0 Å². The van der Waals surface area contributed by atoms with Gasteiger partial charge in [-0.15, -0.1) is 0 Å². The molecule has 1 N–H and O–H groups in total. The summed E-state index contributed by atoms with van der Waals surface area (Å²) in [6.45, 7) is 3.68. The summed E-state index contributed by atoms with van der Waals surface area (Å²) < 4.78 is 11.7. The van der Waals surface area contributed by atoms with Gasteiger partial charge in [0.1, 0.15) is 5.75 Å². The van der Waals surface area contributed by atoms with Crippen LogP contribution in [0.1, 0.15) is 22.0 Å². The van der Waals surface area contributed by atoms with Crippen LogP contribution in [0.3, 0.4) is 0 Å². The second-order valence-electron chi connectivity index (χ2n) is 6.15. The van der Waals surface area contributed by atoms with E-state index in [1.807, 2.05) is 36.4 Å². The Bertz CT molecular complexity index is 713. The Kier molecular flexibility index (Phi) is 6.66. The molecular formula is C20H23BrN2O3. The molecule has 1 fully saturated rings. The van der Waals surface area contributed by atoms with Crippen molar-refractivity contribution in [2.45, 2.75) is 6.04 Å². The van der Waals surface area contributed by atoms with Crippen LogP contribution in [0.4, 0.5) is 0 Å². The fourth-order valence-corrected chi connectivity index (χ4v) is 3.33. The van der Waals surface area contributed by atoms with Crippen molar-refractivity contribution in [2.75, 3.05) is 40.0 Å². The maximum absolute atomic E-state index is 12.5. The van der Waals surface area contributed by atoms with Crippen LogP contribution in [0.15, 0.2) is 53.0 Å². The van der Waals surface area contributed by atoms with Gasteiger partial charge in [0, 0.05) is 29.7 Å². The molecule has 0 radical (unpaired) electrons. The van der Waals surface area contributed by atoms with E-state index in [-0.39, 0.29) is 11.9 Å². The predicted molar refractivity (Wildman–Crippen MR) is 105 cm³/mol. The first-order valence-corrected chi connectivity index (χ1v) is 9.46. The minimum absolute atomic E-state index is 0.0655. The van der Waals surface area contributed by atoms with Crippen molar-refractivity contribution in [3.63, 3.8) is 0 Å². The van der Waals surface area contributed by atoms with E-state index in [1.54, 1.807) is 7.11 Å². The van der Waals surface area contributed by atoms with Gasteiger partial charge in [0.05, 0.1) is 26.4 Å². The molecule has 1 saturated heterocycles. The van der Waals surface area contributed by atoms with E-state index in [4.69, 9.17) is 9.47 Å². The van der Waals surface area contributed by atoms with Gasteiger partial charge >= 0.3 is 0 Å². The van der Waals surface area contributed by atoms with Crippen LogP contribution < -0.4 is 10.1 Å². The number of methoxy groups -OCH3 is 1. The van der Waals surface area contributed by atoms with Gasteiger partial charge in [0.15, 0.2) is 0 Å². The number of benzene rings is 2. The average Bonchev–Trinajstić information content (AvgIpc) is 2.70. The van der Waals surface area contributed by atoms with E-state index < -0.39 is 0 Å². The van der Waals surface area contributed by atoms with E-state index in [2.05, 4.69) is 38.3 Å². The minimum Gasteiger partial charge on any atom is -0.497 e. The number of halogens is 1. The first kappa shape index (κ1) is 18.9. The van der Waals surface area contributed by atoms with Crippen LogP contribution in [0.2, 0.25) is 0 Å². The third-order valence-electron chi connectivity index (χ3n) is 4.55. The molecule has 1 heterocycles. The Morgan fingerprint density at radius 2 is 1.81 bits per heavy atom. The number of carbonyl (C=O) groups is 1. The monoisotopic (exact) mass is 418 g/mol. The van der Waals surface area contributed by atoms with Gasteiger partial charge in [0.2, 0.25) is 0 Å². The van der Waals surface area contributed by atoms with Crippen molar-refractivity contribution < 1.29 is 14.3 Å². The summed E-state index contributed by atoms with van der Waals surface area (Å²) >= 11 is 3.39. The second kappa shape index (κ2) is 9.16. The van der Waals surface area contributed by atoms with Gasteiger partial charge in [0.25, 0.3) is 5.91 Å². The molecule has 1 amide bonds. The number of carbonyl (C=O) groups excluding carboxylic acids is 1. The summed E-state index contributed by atoms with van der Waals surface area (Å²) in [4.78, 5) is 14.8. The number of hydrogen-bond donors (Lipinski definition) is 1. The van der Waals surface area contributed by atoms with Crippen LogP contribution in [0.5, 0.6) is 5.75 Å². The van der Waals surface area contributed by atoms with E-state index in [0.29, 0.717) is 25.3 Å². The van der Waals surface area contributed by atoms with Crippen molar-refractivity contribution in [2.24, 2.45) is 0 Å². The van der Waals surface area contributed by atoms with E-state index in [0.717, 1.165) is 28.9 Å². The topological polar surface area (TPSA) is 50.8 Å². The highest BCUT2D eigenvalue weighted by molar-refractivity contribution is 9.10. The maximum atomic E-state index is 12.5. The van der Waals surface area contributed by atoms with E-state index >= 15 is 0 Å². The summed E-state index contributed by atoms with van der Waals surface area (Å²) in [5, 5.41) is 3.07. The largest absolute Gasteiger partial charge is 0.497 e. The molecule has 1 aliphatic rings. The molecule has 2 aromatic carbocycles. The molecule has 0 bridgehead atoms. The molecule has 2 aromatic rings. The Labute approximate surface area is 162 Å². The number of morpholine rings is 1. The molecule has 138 valence electrons. The number of amides is 1. The van der Waals surface area contributed by atoms with E-state index in [9.17, 15) is 4.79 Å². The number of rotatable bonds is 6. The van der Waals surface area contributed by atoms with E-state index in [1.165, 1.54) is 0 Å². The molecule has 0 spiro atoms. The van der Waals surface area contributed by atoms with Crippen molar-refractivity contribution >= 4 is 21.8 Å². The molecule has 26 heavy (non-hydrogen) atoms. The molecular weight excluding hydrogens is 396 g/mol. The Balaban J connectivity index is 1.72. The summed E-state index contributed by atoms with van der Waals surface area (Å²) in [5.74, 6) is 0.762. The zero-order valence-electron chi connectivity index (χ0n) is 14.8. The van der Waals surface area contributed by atoms with Crippen LogP contribution >= 0.6 is 15.9 Å². The van der Waals surface area contributed by atoms with Crippen molar-refractivity contribution in [3.8, 4) is 5.75 Å². The average molecular weight is 419 g/mol. The quantitative estimate of drug-likeness (QED) is 0.781. The highest BCUT2D eigenvalue weighted by Gasteiger charge is 2.23. The predicted octanol–water partition coefficient (Wildman–Crippen LogP) is 3.26. The van der Waals surface area contributed by atoms with Crippen molar-refractivity contribution in [1.29, 1.82) is 0 Å². The normalized spacial score (nSPS) is 16.1. The minimum atomic E-state index is -0.0655. The first-order chi connectivity index (χ1) is 12.7. The summed E-state index contributed by atoms with van der Waals surface area (Å²) in [6, 6.07) is 15.5. The summed E-state index contributed by atoms with van der Waals surface area (Å²) in [6.07, 6.45) is 0. The fraction of sp³-hybridized carbons (Fsp3) is 0.350. The zero-order valence-corrected chi connectivity index (χ0v) is 16.4. The Morgan fingerprint density at radius 3 is 2.42 bits per heavy atom. The lowest BCUT2D eigenvalue weighted by Crippen LogP contribution is -2.43. The van der Waals surface area contributed by atoms with Crippen LogP contribution in [-0.4, -0.2) is 50.8 Å². The summed E-state index contributed by atoms with van der Waals surface area (Å²) in [5.41, 5.74) is 1.81. The lowest BCUT2D eigenvalue weighted by Gasteiger charge is -2.35. The molecule has 0 saturated carbocycles. The standard InChI is InChI=1S/C20H23BrN2O3/c1-25-18-8-4-15(5-9-18)19(23-10-12-26-13-11-23)14-22-20(24)16-2-6-17(21)7-3-16/h2-9,19H,10-14H2,1H3,(H,22,24). The number of ether oxygens (including phenoxy) is 2. The highest BCUT2D eigenvalue weighted by Crippen LogP contribution is 2.24. The Hall–Kier alpha value is -1.89. The number of nitrogens with zero attached hydrogens (tertiary/aromatic N) is 1. The molecule has 1 atom stereocenters. The van der Waals surface area contributed by atoms with Gasteiger partial charge in [-0.3, -0.25) is 9.69 Å². The zero-order chi connectivity index (χ0) is 18.4. The SMILES string of the molecule is COc1ccc(C(CNC(=O)c2ccc(Br)cc2)N2CCOCC2)cc1. The van der Waals surface area contributed by atoms with Crippen LogP contribution in [0, 0.1) is 0 Å². The molecule has 3 rings (SSSR count). The first-order valence-electron chi connectivity index (χ1n) is 8.67. The van der Waals surface area contributed by atoms with Crippen molar-refractivity contribution in [1.82, 2.24) is 10.2 Å². The maximum Gasteiger partial charge on any atom is 0.251 e. The van der Waals surface area contributed by atoms with Crippen molar-refractivity contribution in [3.05, 3.63) is 64.1 Å². The second-order valence-corrected chi connectivity index (χ2v) is 7.07. The van der Waals surface area contributed by atoms with Gasteiger partial charge in [-0.05, 0) is 42.0 Å². The lowest BCUT2D eigenvalue weighted by atomic mass is 10.0. The van der Waals surface area contributed by atoms with Gasteiger partial charge in [-0.1, -0.05) is 28.1 Å². The van der Waals surface area contributed by atoms with Gasteiger partial charge < -0.3 is 14.8 Å². The Morgan fingerprint density at radius 1 is 1.15 bits per heavy atom. The van der Waals surface area contributed by atoms with Crippen LogP contribution in [-0.2, 0) is 4.74 Å². The van der Waals surface area contributed by atoms with Gasteiger partial charge in [-0.25, -0.2) is 0 Å². The third-order valence-corrected chi connectivity index (χ3v) is 5.08. The molecule has 6 heteroatoms. The number of hydrogen-bond acceptors (Lipinski definition) is 4. The molecule has 1 aliphatic heterocycles. The molecule has 1 unspecified atom stereocenters. The number of nitrogens with one attached hydrogen (secondary N) is 1.